The van der Waals surface area contributed by atoms with Gasteiger partial charge < -0.3 is 10.5 Å². The Morgan fingerprint density at radius 2 is 1.95 bits per heavy atom. The summed E-state index contributed by atoms with van der Waals surface area (Å²) in [6.45, 7) is 13.4. The molecule has 0 saturated carbocycles. The van der Waals surface area contributed by atoms with Gasteiger partial charge in [0.05, 0.1) is 18.5 Å². The molecule has 2 aromatic rings. The first kappa shape index (κ1) is 13.9. The van der Waals surface area contributed by atoms with Crippen molar-refractivity contribution in [2.24, 2.45) is 0 Å². The predicted octanol–water partition coefficient (Wildman–Crippen LogP) is 4.30. The maximum Gasteiger partial charge on any atom is 0.219 e. The first-order chi connectivity index (χ1) is 9.40. The predicted molar refractivity (Wildman–Crippen MR) is 80.1 cm³/mol. The monoisotopic (exact) mass is 267 g/mol. The summed E-state index contributed by atoms with van der Waals surface area (Å²) in [5.41, 5.74) is 7.66. The first-order valence-electron chi connectivity index (χ1n) is 6.31. The second kappa shape index (κ2) is 5.22. The minimum absolute atomic E-state index is 0.121. The van der Waals surface area contributed by atoms with Crippen molar-refractivity contribution in [3.63, 3.8) is 0 Å². The van der Waals surface area contributed by atoms with Gasteiger partial charge in [0.25, 0.3) is 0 Å². The second-order valence-corrected chi connectivity index (χ2v) is 5.57. The van der Waals surface area contributed by atoms with Crippen LogP contribution in [0.5, 0.6) is 11.6 Å². The van der Waals surface area contributed by atoms with Crippen LogP contribution in [0.3, 0.4) is 0 Å². The molecular weight excluding hydrogens is 250 g/mol. The zero-order chi connectivity index (χ0) is 14.8. The smallest absolute Gasteiger partial charge is 0.219 e. The van der Waals surface area contributed by atoms with E-state index in [0.29, 0.717) is 23.0 Å². The minimum atomic E-state index is -0.121. The third kappa shape index (κ3) is 3.07. The van der Waals surface area contributed by atoms with Crippen LogP contribution < -0.4 is 10.5 Å². The SMILES string of the molecule is [C-]#[N+]c1ccc(Oc2ccc(N)cn2)c(C(C)(C)C)c1. The number of benzene rings is 1. The third-order valence-electron chi connectivity index (χ3n) is 2.87. The minimum Gasteiger partial charge on any atom is -0.439 e. The number of ether oxygens (including phenoxy) is 1. The molecule has 0 spiro atoms. The fourth-order valence-electron chi connectivity index (χ4n) is 1.83. The van der Waals surface area contributed by atoms with E-state index in [1.807, 2.05) is 12.1 Å². The Hall–Kier alpha value is -2.54. The van der Waals surface area contributed by atoms with Crippen LogP contribution in [0.1, 0.15) is 26.3 Å². The number of pyridine rings is 1. The van der Waals surface area contributed by atoms with E-state index < -0.39 is 0 Å². The van der Waals surface area contributed by atoms with Crippen LogP contribution in [-0.2, 0) is 5.41 Å². The number of rotatable bonds is 2. The number of anilines is 1. The van der Waals surface area contributed by atoms with Gasteiger partial charge in [-0.25, -0.2) is 9.83 Å². The van der Waals surface area contributed by atoms with E-state index in [1.54, 1.807) is 24.4 Å². The lowest BCUT2D eigenvalue weighted by molar-refractivity contribution is 0.440. The van der Waals surface area contributed by atoms with Gasteiger partial charge in [-0.15, -0.1) is 0 Å². The van der Waals surface area contributed by atoms with Crippen LogP contribution in [0.2, 0.25) is 0 Å². The van der Waals surface area contributed by atoms with Crippen molar-refractivity contribution in [2.75, 3.05) is 5.73 Å². The molecule has 2 N–H and O–H groups in total. The summed E-state index contributed by atoms with van der Waals surface area (Å²) < 4.78 is 5.82. The second-order valence-electron chi connectivity index (χ2n) is 5.57. The normalized spacial score (nSPS) is 10.9. The van der Waals surface area contributed by atoms with Gasteiger partial charge in [-0.05, 0) is 29.2 Å². The van der Waals surface area contributed by atoms with Crippen LogP contribution in [0, 0.1) is 6.57 Å². The van der Waals surface area contributed by atoms with Gasteiger partial charge in [0.2, 0.25) is 5.88 Å². The Morgan fingerprint density at radius 1 is 1.20 bits per heavy atom. The highest BCUT2D eigenvalue weighted by molar-refractivity contribution is 5.54. The van der Waals surface area contributed by atoms with Crippen LogP contribution in [0.4, 0.5) is 11.4 Å². The van der Waals surface area contributed by atoms with Gasteiger partial charge in [0.1, 0.15) is 5.75 Å². The van der Waals surface area contributed by atoms with Crippen LogP contribution >= 0.6 is 0 Å². The summed E-state index contributed by atoms with van der Waals surface area (Å²) in [5, 5.41) is 0. The molecule has 1 heterocycles. The standard InChI is InChI=1S/C16H17N3O/c1-16(2,3)13-9-12(18-4)6-7-14(13)20-15-8-5-11(17)10-19-15/h5-10H,17H2,1-3H3. The molecule has 20 heavy (non-hydrogen) atoms. The number of nitrogen functional groups attached to an aromatic ring is 1. The highest BCUT2D eigenvalue weighted by atomic mass is 16.5. The molecule has 1 aromatic carbocycles. The van der Waals surface area contributed by atoms with Gasteiger partial charge in [-0.2, -0.15) is 0 Å². The Balaban J connectivity index is 2.41. The van der Waals surface area contributed by atoms with E-state index in [0.717, 1.165) is 5.56 Å². The molecule has 0 radical (unpaired) electrons. The zero-order valence-corrected chi connectivity index (χ0v) is 11.8. The Labute approximate surface area is 119 Å². The maximum atomic E-state index is 7.12. The molecule has 0 saturated heterocycles. The molecule has 0 aliphatic heterocycles. The summed E-state index contributed by atoms with van der Waals surface area (Å²) in [5.74, 6) is 1.20. The van der Waals surface area contributed by atoms with E-state index in [1.165, 1.54) is 0 Å². The molecule has 0 aliphatic carbocycles. The summed E-state index contributed by atoms with van der Waals surface area (Å²) in [6.07, 6.45) is 1.56. The lowest BCUT2D eigenvalue weighted by Gasteiger charge is -2.23. The van der Waals surface area contributed by atoms with Crippen molar-refractivity contribution < 1.29 is 4.74 Å². The van der Waals surface area contributed by atoms with E-state index in [4.69, 9.17) is 17.0 Å². The average molecular weight is 267 g/mol. The average Bonchev–Trinajstić information content (AvgIpc) is 2.40. The molecule has 0 atom stereocenters. The van der Waals surface area contributed by atoms with Gasteiger partial charge >= 0.3 is 0 Å². The quantitative estimate of drug-likeness (QED) is 0.825. The van der Waals surface area contributed by atoms with Crippen LogP contribution in [0.15, 0.2) is 36.5 Å². The van der Waals surface area contributed by atoms with Crippen LogP contribution in [0.25, 0.3) is 4.85 Å². The molecule has 0 unspecified atom stereocenters. The third-order valence-corrected chi connectivity index (χ3v) is 2.87. The number of aromatic nitrogens is 1. The molecule has 1 aromatic heterocycles. The van der Waals surface area contributed by atoms with E-state index in [9.17, 15) is 0 Å². The number of hydrogen-bond acceptors (Lipinski definition) is 3. The Bertz CT molecular complexity index is 649. The fourth-order valence-corrected chi connectivity index (χ4v) is 1.83. The highest BCUT2D eigenvalue weighted by Gasteiger charge is 2.20. The molecule has 4 heteroatoms. The summed E-state index contributed by atoms with van der Waals surface area (Å²) in [4.78, 5) is 7.60. The lowest BCUT2D eigenvalue weighted by Crippen LogP contribution is -2.12. The summed E-state index contributed by atoms with van der Waals surface area (Å²) in [6, 6.07) is 8.89. The molecule has 4 nitrogen and oxygen atoms in total. The molecule has 0 amide bonds. The van der Waals surface area contributed by atoms with E-state index >= 15 is 0 Å². The number of nitrogens with zero attached hydrogens (tertiary/aromatic N) is 2. The molecule has 0 bridgehead atoms. The Kier molecular flexibility index (Phi) is 3.62. The van der Waals surface area contributed by atoms with Crippen molar-refractivity contribution in [2.45, 2.75) is 26.2 Å². The van der Waals surface area contributed by atoms with Crippen molar-refractivity contribution >= 4 is 11.4 Å². The van der Waals surface area contributed by atoms with Gasteiger partial charge in [0, 0.05) is 6.07 Å². The van der Waals surface area contributed by atoms with Gasteiger partial charge in [-0.1, -0.05) is 26.8 Å². The maximum absolute atomic E-state index is 7.12. The highest BCUT2D eigenvalue weighted by Crippen LogP contribution is 2.36. The van der Waals surface area contributed by atoms with Gasteiger partial charge in [-0.3, -0.25) is 0 Å². The van der Waals surface area contributed by atoms with E-state index in [-0.39, 0.29) is 5.41 Å². The summed E-state index contributed by atoms with van der Waals surface area (Å²) >= 11 is 0. The van der Waals surface area contributed by atoms with Crippen molar-refractivity contribution in [3.05, 3.63) is 53.5 Å². The summed E-state index contributed by atoms with van der Waals surface area (Å²) in [7, 11) is 0. The largest absolute Gasteiger partial charge is 0.439 e. The van der Waals surface area contributed by atoms with Gasteiger partial charge in [0.15, 0.2) is 5.69 Å². The molecule has 102 valence electrons. The fraction of sp³-hybridized carbons (Fsp3) is 0.250. The van der Waals surface area contributed by atoms with Crippen molar-refractivity contribution in [3.8, 4) is 11.6 Å². The van der Waals surface area contributed by atoms with Crippen molar-refractivity contribution in [1.29, 1.82) is 0 Å². The Morgan fingerprint density at radius 3 is 2.50 bits per heavy atom. The van der Waals surface area contributed by atoms with Crippen LogP contribution in [-0.4, -0.2) is 4.98 Å². The number of nitrogens with two attached hydrogens (primary N) is 1. The number of hydrogen-bond donors (Lipinski definition) is 1. The molecule has 0 aliphatic rings. The lowest BCUT2D eigenvalue weighted by atomic mass is 9.86. The topological polar surface area (TPSA) is 52.5 Å². The van der Waals surface area contributed by atoms with E-state index in [2.05, 4.69) is 30.6 Å². The molecule has 0 fully saturated rings. The molecule has 2 rings (SSSR count). The molecular formula is C16H17N3O. The zero-order valence-electron chi connectivity index (χ0n) is 11.8. The first-order valence-corrected chi connectivity index (χ1v) is 6.31. The van der Waals surface area contributed by atoms with Crippen molar-refractivity contribution in [1.82, 2.24) is 4.98 Å².